The molecule has 0 aromatic heterocycles. The van der Waals surface area contributed by atoms with Gasteiger partial charge in [0.05, 0.1) is 37.0 Å². The van der Waals surface area contributed by atoms with Crippen LogP contribution in [0.1, 0.15) is 27.2 Å². The van der Waals surface area contributed by atoms with Crippen molar-refractivity contribution in [2.45, 2.75) is 119 Å². The van der Waals surface area contributed by atoms with Crippen LogP contribution in [0.15, 0.2) is 0 Å². The first-order valence-corrected chi connectivity index (χ1v) is 13.0. The van der Waals surface area contributed by atoms with Gasteiger partial charge in [0.1, 0.15) is 42.7 Å². The van der Waals surface area contributed by atoms with Crippen LogP contribution in [0.5, 0.6) is 0 Å². The Morgan fingerprint density at radius 3 is 2.37 bits per heavy atom. The molecule has 0 saturated carbocycles. The van der Waals surface area contributed by atoms with Crippen molar-refractivity contribution in [1.82, 2.24) is 10.6 Å². The third-order valence-corrected chi connectivity index (χ3v) is 7.36. The van der Waals surface area contributed by atoms with Crippen LogP contribution in [-0.2, 0) is 38.1 Å². The minimum Gasteiger partial charge on any atom is -0.477 e. The molecule has 41 heavy (non-hydrogen) atoms. The van der Waals surface area contributed by atoms with Gasteiger partial charge < -0.3 is 75.8 Å². The molecule has 3 aliphatic rings. The summed E-state index contributed by atoms with van der Waals surface area (Å²) in [5.41, 5.74) is 5.98. The van der Waals surface area contributed by atoms with E-state index < -0.39 is 116 Å². The fourth-order valence-corrected chi connectivity index (χ4v) is 5.11. The summed E-state index contributed by atoms with van der Waals surface area (Å²) in [5, 5.41) is 77.8. The van der Waals surface area contributed by atoms with Crippen LogP contribution in [0.25, 0.3) is 0 Å². The first-order chi connectivity index (χ1) is 19.1. The Labute approximate surface area is 234 Å². The quantitative estimate of drug-likeness (QED) is 0.105. The number of hydrogen-bond donors (Lipinski definition) is 10. The maximum atomic E-state index is 12.4. The van der Waals surface area contributed by atoms with E-state index in [4.69, 9.17) is 29.4 Å². The largest absolute Gasteiger partial charge is 0.477 e. The summed E-state index contributed by atoms with van der Waals surface area (Å²) in [6.45, 7) is 3.27. The Balaban J connectivity index is 1.78. The van der Waals surface area contributed by atoms with E-state index in [1.54, 1.807) is 0 Å². The molecule has 2 amide bonds. The van der Waals surface area contributed by atoms with E-state index in [0.29, 0.717) is 0 Å². The number of hydrogen-bond acceptors (Lipinski definition) is 15. The summed E-state index contributed by atoms with van der Waals surface area (Å²) < 4.78 is 27.6. The monoisotopic (exact) mass is 597 g/mol. The number of rotatable bonds is 10. The van der Waals surface area contributed by atoms with E-state index in [1.807, 2.05) is 0 Å². The summed E-state index contributed by atoms with van der Waals surface area (Å²) in [6.07, 6.45) is -17.1. The molecule has 3 saturated heterocycles. The Hall–Kier alpha value is -2.07. The Morgan fingerprint density at radius 2 is 1.80 bits per heavy atom. The van der Waals surface area contributed by atoms with E-state index in [2.05, 4.69) is 10.6 Å². The molecule has 11 N–H and O–H groups in total. The third-order valence-electron chi connectivity index (χ3n) is 7.36. The van der Waals surface area contributed by atoms with Gasteiger partial charge in [-0.15, -0.1) is 0 Å². The summed E-state index contributed by atoms with van der Waals surface area (Å²) >= 11 is 0. The minimum absolute atomic E-state index is 0.235. The molecule has 3 heterocycles. The number of carboxylic acids is 1. The average molecular weight is 598 g/mol. The molecule has 0 aliphatic carbocycles. The molecular weight excluding hydrogens is 558 g/mol. The van der Waals surface area contributed by atoms with Crippen molar-refractivity contribution >= 4 is 18.3 Å². The van der Waals surface area contributed by atoms with Gasteiger partial charge in [0.25, 0.3) is 5.79 Å². The van der Waals surface area contributed by atoms with Gasteiger partial charge >= 0.3 is 5.97 Å². The molecule has 0 radical (unpaired) electrons. The number of carbonyl (C=O) groups excluding carboxylic acids is 2. The molecule has 0 aromatic carbocycles. The molecular formula is C23H39N3O15. The zero-order valence-electron chi connectivity index (χ0n) is 22.5. The van der Waals surface area contributed by atoms with Crippen LogP contribution < -0.4 is 16.4 Å². The van der Waals surface area contributed by atoms with Crippen molar-refractivity contribution in [3.63, 3.8) is 0 Å². The lowest BCUT2D eigenvalue weighted by Gasteiger charge is -2.49. The second kappa shape index (κ2) is 13.5. The topological polar surface area (TPSA) is 289 Å². The Kier molecular flexibility index (Phi) is 11.0. The predicted molar refractivity (Wildman–Crippen MR) is 130 cm³/mol. The van der Waals surface area contributed by atoms with Gasteiger partial charge in [-0.3, -0.25) is 9.59 Å². The van der Waals surface area contributed by atoms with Gasteiger partial charge in [0.2, 0.25) is 12.3 Å². The molecule has 3 fully saturated rings. The molecule has 18 nitrogen and oxygen atoms in total. The highest BCUT2D eigenvalue weighted by Crippen LogP contribution is 2.36. The van der Waals surface area contributed by atoms with E-state index in [1.165, 1.54) is 13.8 Å². The van der Waals surface area contributed by atoms with Gasteiger partial charge in [-0.05, 0) is 13.8 Å². The molecule has 236 valence electrons. The number of aliphatic carboxylic acids is 1. The first kappa shape index (κ1) is 33.4. The van der Waals surface area contributed by atoms with Crippen molar-refractivity contribution < 1.29 is 73.8 Å². The van der Waals surface area contributed by atoms with Gasteiger partial charge in [-0.25, -0.2) is 4.79 Å². The fraction of sp³-hybridized carbons (Fsp3) is 0.870. The average Bonchev–Trinajstić information content (AvgIpc) is 2.89. The number of aliphatic hydroxyl groups excluding tert-OH is 6. The second-order valence-electron chi connectivity index (χ2n) is 10.4. The molecule has 15 atom stereocenters. The summed E-state index contributed by atoms with van der Waals surface area (Å²) in [5.74, 6) is -4.98. The first-order valence-electron chi connectivity index (χ1n) is 13.0. The van der Waals surface area contributed by atoms with Crippen LogP contribution >= 0.6 is 0 Å². The number of carboxylic acid groups (broad SMARTS) is 1. The molecule has 3 aliphatic heterocycles. The second-order valence-corrected chi connectivity index (χ2v) is 10.4. The van der Waals surface area contributed by atoms with Gasteiger partial charge in [-0.1, -0.05) is 0 Å². The Bertz CT molecular complexity index is 929. The number of amides is 2. The van der Waals surface area contributed by atoms with E-state index in [9.17, 15) is 50.1 Å². The van der Waals surface area contributed by atoms with Crippen molar-refractivity contribution in [1.29, 1.82) is 0 Å². The minimum atomic E-state index is -2.66. The number of nitrogens with two attached hydrogens (primary N) is 1. The van der Waals surface area contributed by atoms with E-state index >= 15 is 0 Å². The lowest BCUT2D eigenvalue weighted by atomic mass is 9.88. The molecule has 18 heteroatoms. The zero-order chi connectivity index (χ0) is 30.8. The summed E-state index contributed by atoms with van der Waals surface area (Å²) in [4.78, 5) is 35.1. The van der Waals surface area contributed by atoms with Gasteiger partial charge in [-0.2, -0.15) is 0 Å². The number of carbonyl (C=O) groups is 3. The number of ether oxygens (including phenoxy) is 5. The lowest BCUT2D eigenvalue weighted by molar-refractivity contribution is -0.359. The highest BCUT2D eigenvalue weighted by atomic mass is 16.8. The van der Waals surface area contributed by atoms with Crippen molar-refractivity contribution in [3.05, 3.63) is 0 Å². The summed E-state index contributed by atoms with van der Waals surface area (Å²) in [6, 6.07) is -3.79. The van der Waals surface area contributed by atoms with Crippen LogP contribution in [0.4, 0.5) is 0 Å². The highest BCUT2D eigenvalue weighted by Gasteiger charge is 2.57. The van der Waals surface area contributed by atoms with Gasteiger partial charge in [0.15, 0.2) is 12.6 Å². The van der Waals surface area contributed by atoms with Crippen molar-refractivity contribution in [2.75, 3.05) is 6.61 Å². The van der Waals surface area contributed by atoms with Gasteiger partial charge in [0, 0.05) is 13.3 Å². The van der Waals surface area contributed by atoms with Crippen LogP contribution in [0.3, 0.4) is 0 Å². The normalized spacial score (nSPS) is 44.8. The van der Waals surface area contributed by atoms with Crippen molar-refractivity contribution in [2.24, 2.45) is 5.73 Å². The predicted octanol–water partition coefficient (Wildman–Crippen LogP) is -5.81. The standard InChI is InChI=1S/C23H39N3O15/c1-7(28)13(25-6-27)18-12(24)10(30)4-23(41-18,22(35)36)40-11-5-37-21(17(33)16(11)32)39-19-14(26-9(3)29)20(34)38-8(2)15(19)31/h6-8,10-21,28,30-34H,4-5,24H2,1-3H3,(H,25,27)(H,26,29)(H,35,36)/t7-,8+,10-,11+,12-,13-,14+,15-,16-,17+,18+,19+,20+,21-,23-/m0/s1. The number of aliphatic hydroxyl groups is 6. The third kappa shape index (κ3) is 7.12. The molecule has 3 rings (SSSR count). The smallest absolute Gasteiger partial charge is 0.364 e. The Morgan fingerprint density at radius 1 is 1.15 bits per heavy atom. The fourth-order valence-electron chi connectivity index (χ4n) is 5.11. The highest BCUT2D eigenvalue weighted by molar-refractivity contribution is 5.76. The molecule has 0 bridgehead atoms. The van der Waals surface area contributed by atoms with E-state index in [-0.39, 0.29) is 6.41 Å². The zero-order valence-corrected chi connectivity index (χ0v) is 22.5. The SMILES string of the molecule is CC(=O)N[C@@H]1[C@@H](O[C@@H]2OC[C@@H](O[C@@]3(C(=O)O)C[C@H](O)[C@H](N)[C@H]([C@@H](NC=O)[C@H](C)O)O3)[C@H](O)[C@H]2O)[C@@H](O)[C@@H](C)O[C@H]1O. The maximum absolute atomic E-state index is 12.4. The lowest BCUT2D eigenvalue weighted by Crippen LogP contribution is -2.70. The van der Waals surface area contributed by atoms with Crippen LogP contribution in [0, 0.1) is 0 Å². The number of nitrogens with one attached hydrogen (secondary N) is 2. The molecule has 0 aromatic rings. The summed E-state index contributed by atoms with van der Waals surface area (Å²) in [7, 11) is 0. The van der Waals surface area contributed by atoms with Crippen LogP contribution in [-0.4, -0.2) is 152 Å². The van der Waals surface area contributed by atoms with Crippen molar-refractivity contribution in [3.8, 4) is 0 Å². The molecule has 0 spiro atoms. The van der Waals surface area contributed by atoms with Crippen LogP contribution in [0.2, 0.25) is 0 Å². The molecule has 0 unspecified atom stereocenters. The maximum Gasteiger partial charge on any atom is 0.364 e. The van der Waals surface area contributed by atoms with E-state index in [0.717, 1.165) is 6.92 Å².